The first-order chi connectivity index (χ1) is 16.5. The highest BCUT2D eigenvalue weighted by Gasteiger charge is 2.34. The summed E-state index contributed by atoms with van der Waals surface area (Å²) in [5.41, 5.74) is 4.68. The number of amides is 1. The van der Waals surface area contributed by atoms with Crippen molar-refractivity contribution in [3.8, 4) is 16.9 Å². The van der Waals surface area contributed by atoms with E-state index in [1.807, 2.05) is 55.7 Å². The van der Waals surface area contributed by atoms with E-state index >= 15 is 0 Å². The Morgan fingerprint density at radius 2 is 2.09 bits per heavy atom. The molecule has 1 aliphatic heterocycles. The van der Waals surface area contributed by atoms with Crippen LogP contribution in [0.2, 0.25) is 0 Å². The third-order valence-corrected chi connectivity index (χ3v) is 6.18. The van der Waals surface area contributed by atoms with E-state index in [1.54, 1.807) is 11.1 Å². The molecule has 0 aliphatic carbocycles. The number of aryl methyl sites for hydroxylation is 2. The molecule has 1 unspecified atom stereocenters. The Hall–Kier alpha value is -3.72. The Labute approximate surface area is 197 Å². The van der Waals surface area contributed by atoms with Crippen LogP contribution in [-0.4, -0.2) is 61.9 Å². The number of ether oxygens (including phenoxy) is 1. The monoisotopic (exact) mass is 461 g/mol. The van der Waals surface area contributed by atoms with Crippen LogP contribution in [-0.2, 0) is 0 Å². The van der Waals surface area contributed by atoms with E-state index in [2.05, 4.69) is 10.1 Å². The van der Waals surface area contributed by atoms with Crippen molar-refractivity contribution in [2.24, 2.45) is 0 Å². The fourth-order valence-corrected chi connectivity index (χ4v) is 4.70. The van der Waals surface area contributed by atoms with Crippen LogP contribution in [0.5, 0.6) is 5.75 Å². The molecule has 1 amide bonds. The predicted octanol–water partition coefficient (Wildman–Crippen LogP) is 3.53. The van der Waals surface area contributed by atoms with Gasteiger partial charge in [-0.2, -0.15) is 0 Å². The second-order valence-electron chi connectivity index (χ2n) is 8.41. The number of aliphatic hydroxyl groups is 1. The number of carbonyl (C=O) groups is 1. The summed E-state index contributed by atoms with van der Waals surface area (Å²) in [5.74, 6) is 1.44. The van der Waals surface area contributed by atoms with Gasteiger partial charge in [-0.3, -0.25) is 9.78 Å². The number of nitrogens with zero attached hydrogens (tertiary/aromatic N) is 5. The number of rotatable bonds is 7. The molecule has 176 valence electrons. The van der Waals surface area contributed by atoms with Crippen molar-refractivity contribution in [3.05, 3.63) is 59.5 Å². The first-order valence-corrected chi connectivity index (χ1v) is 11.5. The van der Waals surface area contributed by atoms with Gasteiger partial charge >= 0.3 is 0 Å². The third kappa shape index (κ3) is 3.52. The van der Waals surface area contributed by atoms with Gasteiger partial charge in [0.1, 0.15) is 23.9 Å². The highest BCUT2D eigenvalue weighted by Crippen LogP contribution is 2.44. The van der Waals surface area contributed by atoms with E-state index in [0.717, 1.165) is 34.5 Å². The fourth-order valence-electron chi connectivity index (χ4n) is 4.70. The normalized spacial score (nSPS) is 14.9. The molecule has 5 rings (SSSR count). The van der Waals surface area contributed by atoms with Gasteiger partial charge in [0.15, 0.2) is 5.75 Å². The molecule has 1 aromatic carbocycles. The van der Waals surface area contributed by atoms with Crippen LogP contribution in [0, 0.1) is 13.8 Å². The lowest BCUT2D eigenvalue weighted by molar-refractivity contribution is 0.0701. The molecular formula is C25H27N5O4. The highest BCUT2D eigenvalue weighted by molar-refractivity contribution is 5.99. The maximum Gasteiger partial charge on any atom is 0.290 e. The average molecular weight is 462 g/mol. The maximum atomic E-state index is 13.7. The smallest absolute Gasteiger partial charge is 0.290 e. The average Bonchev–Trinajstić information content (AvgIpc) is 3.40. The van der Waals surface area contributed by atoms with E-state index in [4.69, 9.17) is 14.2 Å². The van der Waals surface area contributed by atoms with Crippen LogP contribution >= 0.6 is 0 Å². The van der Waals surface area contributed by atoms with Crippen molar-refractivity contribution < 1.29 is 19.2 Å². The second-order valence-corrected chi connectivity index (χ2v) is 8.41. The lowest BCUT2D eigenvalue weighted by Crippen LogP contribution is -2.37. The summed E-state index contributed by atoms with van der Waals surface area (Å²) < 4.78 is 13.7. The lowest BCUT2D eigenvalue weighted by atomic mass is 10.0. The topological polar surface area (TPSA) is 107 Å². The molecule has 34 heavy (non-hydrogen) atoms. The summed E-state index contributed by atoms with van der Waals surface area (Å²) in [4.78, 5) is 24.6. The predicted molar refractivity (Wildman–Crippen MR) is 126 cm³/mol. The molecule has 3 aromatic heterocycles. The summed E-state index contributed by atoms with van der Waals surface area (Å²) in [6.45, 7) is 6.73. The first kappa shape index (κ1) is 22.1. The summed E-state index contributed by atoms with van der Waals surface area (Å²) in [5, 5.41) is 13.6. The van der Waals surface area contributed by atoms with E-state index in [0.29, 0.717) is 36.0 Å². The minimum Gasteiger partial charge on any atom is -0.488 e. The molecule has 0 spiro atoms. The SMILES string of the molecule is CCCN(CCO)C(=O)c1nc2ccc(-c3c(C)noc3C)c3c2n1C(c1ccccn1)CO3. The van der Waals surface area contributed by atoms with Gasteiger partial charge in [-0.05, 0) is 44.5 Å². The summed E-state index contributed by atoms with van der Waals surface area (Å²) in [6.07, 6.45) is 2.51. The van der Waals surface area contributed by atoms with Crippen molar-refractivity contribution in [2.75, 3.05) is 26.3 Å². The number of pyridine rings is 1. The molecule has 0 radical (unpaired) electrons. The molecule has 4 aromatic rings. The molecule has 9 nitrogen and oxygen atoms in total. The molecule has 9 heteroatoms. The molecule has 1 aliphatic rings. The van der Waals surface area contributed by atoms with Gasteiger partial charge in [0, 0.05) is 24.8 Å². The van der Waals surface area contributed by atoms with E-state index < -0.39 is 0 Å². The van der Waals surface area contributed by atoms with E-state index in [9.17, 15) is 9.90 Å². The van der Waals surface area contributed by atoms with Crippen molar-refractivity contribution in [1.82, 2.24) is 24.6 Å². The summed E-state index contributed by atoms with van der Waals surface area (Å²) in [6, 6.07) is 9.21. The minimum atomic E-state index is -0.324. The molecule has 1 N–H and O–H groups in total. The number of aliphatic hydroxyl groups excluding tert-OH is 1. The molecular weight excluding hydrogens is 434 g/mol. The van der Waals surface area contributed by atoms with Crippen LogP contribution in [0.15, 0.2) is 41.1 Å². The summed E-state index contributed by atoms with van der Waals surface area (Å²) in [7, 11) is 0. The quantitative estimate of drug-likeness (QED) is 0.449. The Morgan fingerprint density at radius 1 is 1.24 bits per heavy atom. The number of hydrogen-bond acceptors (Lipinski definition) is 7. The van der Waals surface area contributed by atoms with Crippen LogP contribution < -0.4 is 4.74 Å². The third-order valence-electron chi connectivity index (χ3n) is 6.18. The first-order valence-electron chi connectivity index (χ1n) is 11.5. The molecule has 0 saturated heterocycles. The Balaban J connectivity index is 1.76. The van der Waals surface area contributed by atoms with Gasteiger partial charge in [0.2, 0.25) is 5.82 Å². The molecule has 0 bridgehead atoms. The van der Waals surface area contributed by atoms with Crippen LogP contribution in [0.3, 0.4) is 0 Å². The van der Waals surface area contributed by atoms with Crippen molar-refractivity contribution in [2.45, 2.75) is 33.2 Å². The highest BCUT2D eigenvalue weighted by atomic mass is 16.5. The zero-order valence-electron chi connectivity index (χ0n) is 19.5. The minimum absolute atomic E-state index is 0.111. The molecule has 4 heterocycles. The number of carbonyl (C=O) groups excluding carboxylic acids is 1. The molecule has 0 saturated carbocycles. The zero-order valence-corrected chi connectivity index (χ0v) is 19.5. The maximum absolute atomic E-state index is 13.7. The van der Waals surface area contributed by atoms with Crippen LogP contribution in [0.1, 0.15) is 47.2 Å². The number of benzene rings is 1. The standard InChI is InChI=1S/C25H27N5O4/c1-4-11-29(12-13-31)25(32)24-27-19-9-8-17(21-15(2)28-34-16(21)3)23-22(19)30(24)20(14-33-23)18-7-5-6-10-26-18/h5-10,20,31H,4,11-14H2,1-3H3. The number of hydrogen-bond donors (Lipinski definition) is 1. The van der Waals surface area contributed by atoms with Gasteiger partial charge in [-0.25, -0.2) is 4.98 Å². The van der Waals surface area contributed by atoms with Crippen molar-refractivity contribution in [1.29, 1.82) is 0 Å². The van der Waals surface area contributed by atoms with Gasteiger partial charge in [0.25, 0.3) is 5.91 Å². The number of imidazole rings is 1. The van der Waals surface area contributed by atoms with Gasteiger partial charge in [0.05, 0.1) is 29.1 Å². The molecule has 0 fully saturated rings. The van der Waals surface area contributed by atoms with Crippen LogP contribution in [0.4, 0.5) is 0 Å². The van der Waals surface area contributed by atoms with Gasteiger partial charge in [-0.15, -0.1) is 0 Å². The summed E-state index contributed by atoms with van der Waals surface area (Å²) >= 11 is 0. The Bertz CT molecular complexity index is 1320. The largest absolute Gasteiger partial charge is 0.488 e. The van der Waals surface area contributed by atoms with Crippen molar-refractivity contribution >= 4 is 16.9 Å². The van der Waals surface area contributed by atoms with E-state index in [-0.39, 0.29) is 25.1 Å². The Morgan fingerprint density at radius 3 is 2.76 bits per heavy atom. The van der Waals surface area contributed by atoms with E-state index in [1.165, 1.54) is 0 Å². The lowest BCUT2D eigenvalue weighted by Gasteiger charge is -2.29. The fraction of sp³-hybridized carbons (Fsp3) is 0.360. The van der Waals surface area contributed by atoms with Gasteiger partial charge in [-0.1, -0.05) is 18.1 Å². The van der Waals surface area contributed by atoms with Crippen molar-refractivity contribution in [3.63, 3.8) is 0 Å². The zero-order chi connectivity index (χ0) is 23.8. The Kier molecular flexibility index (Phi) is 5.79. The molecule has 1 atom stereocenters. The van der Waals surface area contributed by atoms with Gasteiger partial charge < -0.3 is 23.8 Å². The number of aromatic nitrogens is 4. The van der Waals surface area contributed by atoms with Crippen LogP contribution in [0.25, 0.3) is 22.2 Å². The second kappa shape index (κ2) is 8.90.